The van der Waals surface area contributed by atoms with Crippen LogP contribution in [0.4, 0.5) is 0 Å². The third kappa shape index (κ3) is 3.49. The van der Waals surface area contributed by atoms with Gasteiger partial charge < -0.3 is 4.57 Å². The van der Waals surface area contributed by atoms with Gasteiger partial charge in [-0.15, -0.1) is 0 Å². The van der Waals surface area contributed by atoms with Gasteiger partial charge in [-0.1, -0.05) is 18.2 Å². The molecule has 4 aromatic rings. The van der Waals surface area contributed by atoms with E-state index in [1.807, 2.05) is 42.7 Å². The summed E-state index contributed by atoms with van der Waals surface area (Å²) in [5.74, 6) is -0.367. The van der Waals surface area contributed by atoms with Crippen LogP contribution in [-0.4, -0.2) is 20.3 Å². The molecule has 146 valence electrons. The van der Waals surface area contributed by atoms with Crippen molar-refractivity contribution in [3.8, 4) is 6.07 Å². The van der Waals surface area contributed by atoms with Crippen molar-refractivity contribution in [2.75, 3.05) is 0 Å². The first-order valence-electron chi connectivity index (χ1n) is 9.44. The first-order chi connectivity index (χ1) is 14.5. The van der Waals surface area contributed by atoms with E-state index in [0.717, 1.165) is 11.3 Å². The van der Waals surface area contributed by atoms with Gasteiger partial charge in [0.1, 0.15) is 11.8 Å². The van der Waals surface area contributed by atoms with Crippen LogP contribution in [0.5, 0.6) is 0 Å². The number of rotatable bonds is 4. The van der Waals surface area contributed by atoms with E-state index in [1.165, 1.54) is 6.20 Å². The van der Waals surface area contributed by atoms with Crippen LogP contribution >= 0.6 is 0 Å². The van der Waals surface area contributed by atoms with Crippen molar-refractivity contribution in [3.63, 3.8) is 0 Å². The second-order valence-electron chi connectivity index (χ2n) is 7.10. The number of pyridine rings is 3. The molecule has 0 spiro atoms. The van der Waals surface area contributed by atoms with E-state index in [2.05, 4.69) is 9.97 Å². The summed E-state index contributed by atoms with van der Waals surface area (Å²) in [6.45, 7) is 4.07. The summed E-state index contributed by atoms with van der Waals surface area (Å²) in [4.78, 5) is 34.8. The number of nitrogens with zero attached hydrogens (tertiary/aromatic N) is 4. The molecule has 0 saturated heterocycles. The molecule has 3 aromatic heterocycles. The number of ketones is 1. The molecule has 0 saturated carbocycles. The minimum absolute atomic E-state index is 0.0789. The molecular formula is C24H18N4O2. The molecular weight excluding hydrogens is 376 g/mol. The average molecular weight is 394 g/mol. The minimum Gasteiger partial charge on any atom is -0.340 e. The second-order valence-corrected chi connectivity index (χ2v) is 7.10. The standard InChI is InChI=1S/C24H18N4O2/c1-15-10-17(12-26-16(15)2)23(29)21-14-28(13-19-7-5-6-18(11-25)27-19)22-9-4-3-8-20(22)24(21)30/h3-10,12,14H,13H2,1-2H3. The highest BCUT2D eigenvalue weighted by Crippen LogP contribution is 2.17. The quantitative estimate of drug-likeness (QED) is 0.494. The number of carbonyl (C=O) groups is 1. The van der Waals surface area contributed by atoms with Crippen LogP contribution < -0.4 is 5.43 Å². The number of carbonyl (C=O) groups excluding carboxylic acids is 1. The Balaban J connectivity index is 1.87. The Labute approximate surface area is 173 Å². The van der Waals surface area contributed by atoms with Gasteiger partial charge in [0.15, 0.2) is 5.78 Å². The van der Waals surface area contributed by atoms with Crippen molar-refractivity contribution >= 4 is 16.7 Å². The summed E-state index contributed by atoms with van der Waals surface area (Å²) in [5.41, 5.74) is 3.54. The lowest BCUT2D eigenvalue weighted by Gasteiger charge is -2.13. The minimum atomic E-state index is -0.367. The molecule has 6 nitrogen and oxygen atoms in total. The number of hydrogen-bond acceptors (Lipinski definition) is 5. The zero-order valence-electron chi connectivity index (χ0n) is 16.6. The Hall–Kier alpha value is -4.11. The molecule has 0 bridgehead atoms. The van der Waals surface area contributed by atoms with Crippen LogP contribution in [0.15, 0.2) is 65.7 Å². The number of nitriles is 1. The highest BCUT2D eigenvalue weighted by molar-refractivity contribution is 6.10. The van der Waals surface area contributed by atoms with Gasteiger partial charge in [-0.3, -0.25) is 14.6 Å². The highest BCUT2D eigenvalue weighted by atomic mass is 16.1. The molecule has 0 radical (unpaired) electrons. The molecule has 0 amide bonds. The smallest absolute Gasteiger partial charge is 0.200 e. The number of para-hydroxylation sites is 1. The summed E-state index contributed by atoms with van der Waals surface area (Å²) in [5, 5.41) is 9.57. The first kappa shape index (κ1) is 19.2. The SMILES string of the molecule is Cc1cc(C(=O)c2cn(Cc3cccc(C#N)n3)c3ccccc3c2=O)cnc1C. The van der Waals surface area contributed by atoms with Crippen molar-refractivity contribution < 1.29 is 4.79 Å². The number of hydrogen-bond donors (Lipinski definition) is 0. The van der Waals surface area contributed by atoms with Gasteiger partial charge in [-0.05, 0) is 49.7 Å². The molecule has 1 aromatic carbocycles. The molecule has 0 fully saturated rings. The predicted molar refractivity (Wildman–Crippen MR) is 113 cm³/mol. The number of fused-ring (bicyclic) bond motifs is 1. The van der Waals surface area contributed by atoms with Crippen LogP contribution in [0, 0.1) is 25.2 Å². The van der Waals surface area contributed by atoms with Crippen LogP contribution in [0.2, 0.25) is 0 Å². The van der Waals surface area contributed by atoms with E-state index < -0.39 is 0 Å². The fourth-order valence-corrected chi connectivity index (χ4v) is 3.37. The first-order valence-corrected chi connectivity index (χ1v) is 9.44. The van der Waals surface area contributed by atoms with Crippen molar-refractivity contribution in [2.24, 2.45) is 0 Å². The number of aromatic nitrogens is 3. The van der Waals surface area contributed by atoms with E-state index in [-0.39, 0.29) is 16.8 Å². The lowest BCUT2D eigenvalue weighted by atomic mass is 10.0. The predicted octanol–water partition coefficient (Wildman–Crippen LogP) is 3.56. The van der Waals surface area contributed by atoms with E-state index in [4.69, 9.17) is 5.26 Å². The Morgan fingerprint density at radius 3 is 2.70 bits per heavy atom. The molecule has 30 heavy (non-hydrogen) atoms. The lowest BCUT2D eigenvalue weighted by molar-refractivity contribution is 0.103. The zero-order chi connectivity index (χ0) is 21.3. The van der Waals surface area contributed by atoms with Gasteiger partial charge in [0.05, 0.1) is 23.3 Å². The molecule has 0 atom stereocenters. The van der Waals surface area contributed by atoms with Crippen LogP contribution in [0.3, 0.4) is 0 Å². The zero-order valence-corrected chi connectivity index (χ0v) is 16.6. The fourth-order valence-electron chi connectivity index (χ4n) is 3.37. The van der Waals surface area contributed by atoms with Gasteiger partial charge in [-0.25, -0.2) is 4.98 Å². The summed E-state index contributed by atoms with van der Waals surface area (Å²) >= 11 is 0. The Kier molecular flexibility index (Phi) is 4.95. The Morgan fingerprint density at radius 1 is 1.13 bits per heavy atom. The largest absolute Gasteiger partial charge is 0.340 e. The van der Waals surface area contributed by atoms with Gasteiger partial charge in [0.2, 0.25) is 5.43 Å². The van der Waals surface area contributed by atoms with Crippen LogP contribution in [0.25, 0.3) is 10.9 Å². The monoisotopic (exact) mass is 394 g/mol. The maximum Gasteiger partial charge on any atom is 0.200 e. The van der Waals surface area contributed by atoms with Crippen molar-refractivity contribution in [1.29, 1.82) is 5.26 Å². The van der Waals surface area contributed by atoms with E-state index >= 15 is 0 Å². The maximum absolute atomic E-state index is 13.2. The van der Waals surface area contributed by atoms with E-state index in [0.29, 0.717) is 34.4 Å². The third-order valence-electron chi connectivity index (χ3n) is 5.09. The Bertz CT molecular complexity index is 1400. The molecule has 4 rings (SSSR count). The molecule has 0 aliphatic heterocycles. The molecule has 3 heterocycles. The normalized spacial score (nSPS) is 10.7. The van der Waals surface area contributed by atoms with Crippen LogP contribution in [0.1, 0.15) is 38.6 Å². The molecule has 0 aliphatic rings. The van der Waals surface area contributed by atoms with E-state index in [1.54, 1.807) is 36.5 Å². The van der Waals surface area contributed by atoms with Crippen LogP contribution in [-0.2, 0) is 6.54 Å². The Morgan fingerprint density at radius 2 is 1.93 bits per heavy atom. The molecule has 6 heteroatoms. The number of benzene rings is 1. The molecule has 0 N–H and O–H groups in total. The van der Waals surface area contributed by atoms with Gasteiger partial charge in [-0.2, -0.15) is 5.26 Å². The third-order valence-corrected chi connectivity index (χ3v) is 5.09. The second kappa shape index (κ2) is 7.72. The average Bonchev–Trinajstić information content (AvgIpc) is 2.77. The maximum atomic E-state index is 13.2. The summed E-state index contributed by atoms with van der Waals surface area (Å²) < 4.78 is 1.82. The van der Waals surface area contributed by atoms with Crippen molar-refractivity contribution in [1.82, 2.24) is 14.5 Å². The summed E-state index contributed by atoms with van der Waals surface area (Å²) in [6, 6.07) is 16.1. The number of aryl methyl sites for hydroxylation is 2. The van der Waals surface area contributed by atoms with Gasteiger partial charge in [0.25, 0.3) is 0 Å². The van der Waals surface area contributed by atoms with Gasteiger partial charge >= 0.3 is 0 Å². The lowest BCUT2D eigenvalue weighted by Crippen LogP contribution is -2.20. The fraction of sp³-hybridized carbons (Fsp3) is 0.125. The summed E-state index contributed by atoms with van der Waals surface area (Å²) in [7, 11) is 0. The van der Waals surface area contributed by atoms with Gasteiger partial charge in [0, 0.05) is 29.0 Å². The van der Waals surface area contributed by atoms with Crippen molar-refractivity contribution in [3.05, 3.63) is 105 Å². The summed E-state index contributed by atoms with van der Waals surface area (Å²) in [6.07, 6.45) is 3.07. The highest BCUT2D eigenvalue weighted by Gasteiger charge is 2.18. The topological polar surface area (TPSA) is 88.6 Å². The van der Waals surface area contributed by atoms with E-state index in [9.17, 15) is 9.59 Å². The van der Waals surface area contributed by atoms with Crippen molar-refractivity contribution in [2.45, 2.75) is 20.4 Å². The molecule has 0 aliphatic carbocycles. The molecule has 0 unspecified atom stereocenters.